The molecular weight excluding hydrogens is 765 g/mol. The van der Waals surface area contributed by atoms with Gasteiger partial charge in [0.2, 0.25) is 0 Å². The van der Waals surface area contributed by atoms with E-state index in [-0.39, 0.29) is 5.41 Å². The van der Waals surface area contributed by atoms with Crippen molar-refractivity contribution in [3.8, 4) is 55.9 Å². The van der Waals surface area contributed by atoms with Crippen LogP contribution in [-0.4, -0.2) is 20.7 Å². The molecule has 0 unspecified atom stereocenters. The Kier molecular flexibility index (Phi) is 10.9. The Labute approximate surface area is 370 Å². The standard InChI is InChI=1S/C59H48N4/c1-3-35-60-53(4-2)57-39-49(43-16-8-5-9-17-43)51-37-45(25-31-54(51)62-57)41-21-27-47(28-22-41)59(33-13-7-14-34-59)48-29-23-42(24-30-48)46-26-32-55-52(38-46)50(44-18-10-6-11-19-44)40-58(63-55)56-20-12-15-36-61-56/h3-6,8-12,15-32,35-40H,2,7,13-14,33-34H2,1H3/b35-3-,60-53+. The summed E-state index contributed by atoms with van der Waals surface area (Å²) in [4.78, 5) is 19.4. The highest BCUT2D eigenvalue weighted by Crippen LogP contribution is 2.46. The summed E-state index contributed by atoms with van der Waals surface area (Å²) in [6.45, 7) is 5.99. The van der Waals surface area contributed by atoms with Gasteiger partial charge in [0.15, 0.2) is 0 Å². The Morgan fingerprint density at radius 3 is 1.60 bits per heavy atom. The third-order valence-electron chi connectivity index (χ3n) is 12.8. The number of nitrogens with zero attached hydrogens (tertiary/aromatic N) is 4. The number of fused-ring (bicyclic) bond motifs is 2. The Balaban J connectivity index is 0.983. The zero-order valence-corrected chi connectivity index (χ0v) is 35.6. The number of hydrogen-bond donors (Lipinski definition) is 0. The molecule has 3 heterocycles. The second kappa shape index (κ2) is 17.4. The van der Waals surface area contributed by atoms with Crippen LogP contribution in [0.4, 0.5) is 0 Å². The topological polar surface area (TPSA) is 51.0 Å². The summed E-state index contributed by atoms with van der Waals surface area (Å²) in [6, 6.07) is 63.6. The molecule has 0 N–H and O–H groups in total. The number of hydrogen-bond acceptors (Lipinski definition) is 4. The molecule has 0 radical (unpaired) electrons. The Morgan fingerprint density at radius 1 is 0.524 bits per heavy atom. The van der Waals surface area contributed by atoms with E-state index in [0.717, 1.165) is 79.7 Å². The first-order valence-electron chi connectivity index (χ1n) is 22.1. The highest BCUT2D eigenvalue weighted by Gasteiger charge is 2.35. The van der Waals surface area contributed by atoms with E-state index in [2.05, 4.69) is 174 Å². The predicted octanol–water partition coefficient (Wildman–Crippen LogP) is 15.3. The number of rotatable bonds is 10. The lowest BCUT2D eigenvalue weighted by atomic mass is 9.65. The van der Waals surface area contributed by atoms with Gasteiger partial charge in [-0.2, -0.15) is 0 Å². The van der Waals surface area contributed by atoms with Crippen LogP contribution in [0.1, 0.15) is 55.8 Å². The van der Waals surface area contributed by atoms with Crippen molar-refractivity contribution in [2.45, 2.75) is 44.4 Å². The van der Waals surface area contributed by atoms with E-state index < -0.39 is 0 Å². The molecular formula is C59H48N4. The van der Waals surface area contributed by atoms with Crippen LogP contribution in [0, 0.1) is 0 Å². The quantitative estimate of drug-likeness (QED) is 0.129. The first kappa shape index (κ1) is 39.6. The zero-order valence-electron chi connectivity index (χ0n) is 35.6. The van der Waals surface area contributed by atoms with Crippen molar-refractivity contribution >= 4 is 27.5 Å². The molecule has 1 saturated carbocycles. The first-order chi connectivity index (χ1) is 31.1. The van der Waals surface area contributed by atoms with E-state index >= 15 is 0 Å². The van der Waals surface area contributed by atoms with Crippen molar-refractivity contribution in [2.75, 3.05) is 0 Å². The third kappa shape index (κ3) is 7.81. The van der Waals surface area contributed by atoms with Crippen LogP contribution >= 0.6 is 0 Å². The lowest BCUT2D eigenvalue weighted by molar-refractivity contribution is 0.346. The maximum atomic E-state index is 5.09. The SMILES string of the molecule is C=C/C(=N\C=C/C)c1cc(-c2ccccc2)c2cc(-c3ccc(C4(c5ccc(-c6ccc7nc(-c8ccccn8)cc(-c8ccccc8)c7c6)cc5)CCCCC4)cc3)ccc2n1. The summed E-state index contributed by atoms with van der Waals surface area (Å²) in [5, 5.41) is 2.24. The van der Waals surface area contributed by atoms with Crippen molar-refractivity contribution < 1.29 is 0 Å². The molecule has 0 atom stereocenters. The molecule has 0 aliphatic heterocycles. The number of aliphatic imine (C=N–C) groups is 1. The van der Waals surface area contributed by atoms with Crippen molar-refractivity contribution in [2.24, 2.45) is 4.99 Å². The van der Waals surface area contributed by atoms with E-state index in [1.165, 1.54) is 52.6 Å². The fraction of sp³-hybridized carbons (Fsp3) is 0.119. The summed E-state index contributed by atoms with van der Waals surface area (Å²) < 4.78 is 0. The van der Waals surface area contributed by atoms with Crippen LogP contribution in [-0.2, 0) is 5.41 Å². The predicted molar refractivity (Wildman–Crippen MR) is 264 cm³/mol. The molecule has 0 saturated heterocycles. The second-order valence-electron chi connectivity index (χ2n) is 16.5. The highest BCUT2D eigenvalue weighted by molar-refractivity contribution is 6.10. The molecule has 3 aromatic heterocycles. The van der Waals surface area contributed by atoms with E-state index in [1.807, 2.05) is 37.4 Å². The van der Waals surface area contributed by atoms with Gasteiger partial charge in [-0.05, 0) is 130 Å². The average molecular weight is 813 g/mol. The number of pyridine rings is 3. The molecule has 304 valence electrons. The second-order valence-corrected chi connectivity index (χ2v) is 16.5. The molecule has 6 aromatic carbocycles. The Bertz CT molecular complexity index is 3130. The van der Waals surface area contributed by atoms with Crippen molar-refractivity contribution in [1.29, 1.82) is 0 Å². The van der Waals surface area contributed by atoms with E-state index in [4.69, 9.17) is 9.97 Å². The van der Waals surface area contributed by atoms with Crippen LogP contribution in [0.5, 0.6) is 0 Å². The van der Waals surface area contributed by atoms with Gasteiger partial charge in [-0.3, -0.25) is 9.98 Å². The van der Waals surface area contributed by atoms with E-state index in [0.29, 0.717) is 0 Å². The minimum absolute atomic E-state index is 0.0352. The Hall–Kier alpha value is -7.56. The van der Waals surface area contributed by atoms with Gasteiger partial charge in [0.1, 0.15) is 0 Å². The molecule has 0 amide bonds. The fourth-order valence-corrected chi connectivity index (χ4v) is 9.54. The number of allylic oxidation sites excluding steroid dienone is 2. The van der Waals surface area contributed by atoms with Gasteiger partial charge in [0.05, 0.1) is 33.8 Å². The molecule has 4 nitrogen and oxygen atoms in total. The zero-order chi connectivity index (χ0) is 42.6. The molecule has 63 heavy (non-hydrogen) atoms. The molecule has 10 rings (SSSR count). The monoisotopic (exact) mass is 812 g/mol. The van der Waals surface area contributed by atoms with Gasteiger partial charge in [-0.15, -0.1) is 0 Å². The van der Waals surface area contributed by atoms with Crippen LogP contribution in [0.15, 0.2) is 212 Å². The van der Waals surface area contributed by atoms with E-state index in [1.54, 1.807) is 12.3 Å². The van der Waals surface area contributed by atoms with Crippen LogP contribution in [0.25, 0.3) is 77.7 Å². The lowest BCUT2D eigenvalue weighted by Gasteiger charge is -2.39. The maximum absolute atomic E-state index is 5.09. The molecule has 9 aromatic rings. The summed E-state index contributed by atoms with van der Waals surface area (Å²) in [7, 11) is 0. The normalized spacial score (nSPS) is 14.0. The molecule has 4 heteroatoms. The summed E-state index contributed by atoms with van der Waals surface area (Å²) in [6.07, 6.45) is 13.3. The van der Waals surface area contributed by atoms with Crippen molar-refractivity contribution in [1.82, 2.24) is 15.0 Å². The highest BCUT2D eigenvalue weighted by atomic mass is 14.8. The summed E-state index contributed by atoms with van der Waals surface area (Å²) in [5.41, 5.74) is 17.3. The van der Waals surface area contributed by atoms with Gasteiger partial charge in [0, 0.05) is 28.6 Å². The van der Waals surface area contributed by atoms with Crippen molar-refractivity contribution in [3.05, 3.63) is 224 Å². The lowest BCUT2D eigenvalue weighted by Crippen LogP contribution is -2.30. The number of aromatic nitrogens is 3. The molecule has 1 fully saturated rings. The smallest absolute Gasteiger partial charge is 0.0900 e. The van der Waals surface area contributed by atoms with E-state index in [9.17, 15) is 0 Å². The van der Waals surface area contributed by atoms with Crippen molar-refractivity contribution in [3.63, 3.8) is 0 Å². The molecule has 0 bridgehead atoms. The van der Waals surface area contributed by atoms with Gasteiger partial charge >= 0.3 is 0 Å². The molecule has 1 aliphatic carbocycles. The molecule has 1 aliphatic rings. The van der Waals surface area contributed by atoms with Crippen LogP contribution < -0.4 is 0 Å². The minimum Gasteiger partial charge on any atom is -0.255 e. The average Bonchev–Trinajstić information content (AvgIpc) is 3.37. The van der Waals surface area contributed by atoms with Gasteiger partial charge in [0.25, 0.3) is 0 Å². The van der Waals surface area contributed by atoms with Gasteiger partial charge in [-0.1, -0.05) is 159 Å². The maximum Gasteiger partial charge on any atom is 0.0900 e. The Morgan fingerprint density at radius 2 is 1.06 bits per heavy atom. The van der Waals surface area contributed by atoms with Crippen LogP contribution in [0.3, 0.4) is 0 Å². The first-order valence-corrected chi connectivity index (χ1v) is 22.1. The number of benzene rings is 6. The fourth-order valence-electron chi connectivity index (χ4n) is 9.54. The summed E-state index contributed by atoms with van der Waals surface area (Å²) >= 11 is 0. The van der Waals surface area contributed by atoms with Crippen LogP contribution in [0.2, 0.25) is 0 Å². The van der Waals surface area contributed by atoms with Gasteiger partial charge in [-0.25, -0.2) is 9.97 Å². The third-order valence-corrected chi connectivity index (χ3v) is 12.8. The molecule has 0 spiro atoms. The van der Waals surface area contributed by atoms with Gasteiger partial charge < -0.3 is 0 Å². The summed E-state index contributed by atoms with van der Waals surface area (Å²) in [5.74, 6) is 0. The largest absolute Gasteiger partial charge is 0.255 e. The minimum atomic E-state index is -0.0352.